The molecule has 1 fully saturated rings. The Kier molecular flexibility index (Phi) is 4.43. The van der Waals surface area contributed by atoms with E-state index in [1.807, 2.05) is 36.1 Å². The second-order valence-electron chi connectivity index (χ2n) is 6.40. The SMILES string of the molecule is Cc1ccc(C(=O)N2CCCC[C@H]2c2nc(-c3cccnc3)no2)cn1. The lowest BCUT2D eigenvalue weighted by Crippen LogP contribution is -2.38. The number of aromatic nitrogens is 4. The van der Waals surface area contributed by atoms with E-state index in [0.717, 1.165) is 30.5 Å². The zero-order valence-electron chi connectivity index (χ0n) is 14.5. The maximum Gasteiger partial charge on any atom is 0.256 e. The molecule has 1 aliphatic heterocycles. The molecule has 1 saturated heterocycles. The van der Waals surface area contributed by atoms with Gasteiger partial charge >= 0.3 is 0 Å². The van der Waals surface area contributed by atoms with Crippen LogP contribution < -0.4 is 0 Å². The Morgan fingerprint density at radius 2 is 2.15 bits per heavy atom. The van der Waals surface area contributed by atoms with E-state index in [4.69, 9.17) is 4.52 Å². The van der Waals surface area contributed by atoms with Crippen molar-refractivity contribution in [1.29, 1.82) is 0 Å². The summed E-state index contributed by atoms with van der Waals surface area (Å²) in [6, 6.07) is 7.15. The molecule has 132 valence electrons. The molecule has 3 aromatic rings. The van der Waals surface area contributed by atoms with Gasteiger partial charge in [0.25, 0.3) is 5.91 Å². The van der Waals surface area contributed by atoms with E-state index < -0.39 is 0 Å². The van der Waals surface area contributed by atoms with E-state index in [-0.39, 0.29) is 11.9 Å². The summed E-state index contributed by atoms with van der Waals surface area (Å²) in [5.74, 6) is 0.906. The lowest BCUT2D eigenvalue weighted by Gasteiger charge is -2.33. The van der Waals surface area contributed by atoms with E-state index in [1.54, 1.807) is 18.6 Å². The molecule has 0 radical (unpaired) electrons. The van der Waals surface area contributed by atoms with Crippen molar-refractivity contribution in [1.82, 2.24) is 25.0 Å². The van der Waals surface area contributed by atoms with Crippen LogP contribution in [0.15, 0.2) is 47.4 Å². The van der Waals surface area contributed by atoms with E-state index >= 15 is 0 Å². The van der Waals surface area contributed by atoms with Crippen LogP contribution >= 0.6 is 0 Å². The van der Waals surface area contributed by atoms with Crippen molar-refractivity contribution < 1.29 is 9.32 Å². The molecule has 0 saturated carbocycles. The second-order valence-corrected chi connectivity index (χ2v) is 6.40. The zero-order valence-corrected chi connectivity index (χ0v) is 14.5. The number of piperidine rings is 1. The number of carbonyl (C=O) groups excluding carboxylic acids is 1. The van der Waals surface area contributed by atoms with Crippen LogP contribution in [0.25, 0.3) is 11.4 Å². The van der Waals surface area contributed by atoms with Crippen molar-refractivity contribution in [2.45, 2.75) is 32.2 Å². The fourth-order valence-electron chi connectivity index (χ4n) is 3.17. The van der Waals surface area contributed by atoms with Gasteiger partial charge in [-0.3, -0.25) is 14.8 Å². The highest BCUT2D eigenvalue weighted by molar-refractivity contribution is 5.94. The van der Waals surface area contributed by atoms with Gasteiger partial charge in [0, 0.05) is 36.4 Å². The van der Waals surface area contributed by atoms with Gasteiger partial charge in [-0.2, -0.15) is 4.98 Å². The molecule has 1 amide bonds. The lowest BCUT2D eigenvalue weighted by molar-refractivity contribution is 0.0561. The Labute approximate surface area is 151 Å². The van der Waals surface area contributed by atoms with Crippen molar-refractivity contribution in [2.24, 2.45) is 0 Å². The summed E-state index contributed by atoms with van der Waals surface area (Å²) in [5, 5.41) is 4.06. The predicted octanol–water partition coefficient (Wildman–Crippen LogP) is 3.20. The summed E-state index contributed by atoms with van der Waals surface area (Å²) in [4.78, 5) is 27.6. The quantitative estimate of drug-likeness (QED) is 0.722. The molecular weight excluding hydrogens is 330 g/mol. The average Bonchev–Trinajstić information content (AvgIpc) is 3.19. The highest BCUT2D eigenvalue weighted by Crippen LogP contribution is 2.32. The third-order valence-corrected chi connectivity index (χ3v) is 4.57. The van der Waals surface area contributed by atoms with Gasteiger partial charge in [0.15, 0.2) is 0 Å². The van der Waals surface area contributed by atoms with Crippen molar-refractivity contribution in [3.05, 3.63) is 60.0 Å². The van der Waals surface area contributed by atoms with Gasteiger partial charge in [-0.05, 0) is 50.5 Å². The Balaban J connectivity index is 1.61. The Morgan fingerprint density at radius 1 is 1.23 bits per heavy atom. The first kappa shape index (κ1) is 16.4. The monoisotopic (exact) mass is 349 g/mol. The van der Waals surface area contributed by atoms with E-state index in [2.05, 4.69) is 20.1 Å². The standard InChI is InChI=1S/C19H19N5O2/c1-13-7-8-15(12-21-13)19(25)24-10-3-2-6-16(24)18-22-17(23-26-18)14-5-4-9-20-11-14/h4-5,7-9,11-12,16H,2-3,6,10H2,1H3/t16-/m0/s1. The molecule has 1 atom stereocenters. The molecule has 26 heavy (non-hydrogen) atoms. The number of likely N-dealkylation sites (tertiary alicyclic amines) is 1. The summed E-state index contributed by atoms with van der Waals surface area (Å²) in [6.45, 7) is 2.57. The van der Waals surface area contributed by atoms with Gasteiger partial charge in [-0.25, -0.2) is 0 Å². The predicted molar refractivity (Wildman–Crippen MR) is 94.1 cm³/mol. The first-order valence-electron chi connectivity index (χ1n) is 8.70. The molecule has 0 bridgehead atoms. The molecule has 4 rings (SSSR count). The third-order valence-electron chi connectivity index (χ3n) is 4.57. The Morgan fingerprint density at radius 3 is 2.92 bits per heavy atom. The van der Waals surface area contributed by atoms with Crippen LogP contribution in [0.1, 0.15) is 47.2 Å². The molecule has 3 aromatic heterocycles. The number of amides is 1. The van der Waals surface area contributed by atoms with Crippen molar-refractivity contribution in [3.63, 3.8) is 0 Å². The average molecular weight is 349 g/mol. The third kappa shape index (κ3) is 3.20. The van der Waals surface area contributed by atoms with Gasteiger partial charge in [0.05, 0.1) is 5.56 Å². The largest absolute Gasteiger partial charge is 0.337 e. The number of nitrogens with zero attached hydrogens (tertiary/aromatic N) is 5. The van der Waals surface area contributed by atoms with Crippen LogP contribution in [0, 0.1) is 6.92 Å². The highest BCUT2D eigenvalue weighted by Gasteiger charge is 2.32. The van der Waals surface area contributed by atoms with Crippen molar-refractivity contribution in [2.75, 3.05) is 6.54 Å². The minimum atomic E-state index is -0.213. The first-order chi connectivity index (χ1) is 12.7. The first-order valence-corrected chi connectivity index (χ1v) is 8.70. The maximum absolute atomic E-state index is 13.0. The molecule has 1 aliphatic rings. The molecule has 0 spiro atoms. The van der Waals surface area contributed by atoms with Gasteiger partial charge in [-0.15, -0.1) is 0 Å². The number of pyridine rings is 2. The summed E-state index contributed by atoms with van der Waals surface area (Å²) in [7, 11) is 0. The number of rotatable bonds is 3. The zero-order chi connectivity index (χ0) is 17.9. The number of carbonyl (C=O) groups is 1. The van der Waals surface area contributed by atoms with Crippen LogP contribution in [0.5, 0.6) is 0 Å². The lowest BCUT2D eigenvalue weighted by atomic mass is 10.0. The number of aryl methyl sites for hydroxylation is 1. The van der Waals surface area contributed by atoms with Crippen LogP contribution in [0.3, 0.4) is 0 Å². The molecule has 0 N–H and O–H groups in total. The van der Waals surface area contributed by atoms with E-state index in [0.29, 0.717) is 23.8 Å². The summed E-state index contributed by atoms with van der Waals surface area (Å²) >= 11 is 0. The van der Waals surface area contributed by atoms with Crippen LogP contribution in [0.2, 0.25) is 0 Å². The minimum Gasteiger partial charge on any atom is -0.337 e. The molecule has 0 aliphatic carbocycles. The Hall–Kier alpha value is -3.09. The fraction of sp³-hybridized carbons (Fsp3) is 0.316. The number of hydrogen-bond acceptors (Lipinski definition) is 6. The van der Waals surface area contributed by atoms with Crippen molar-refractivity contribution in [3.8, 4) is 11.4 Å². The summed E-state index contributed by atoms with van der Waals surface area (Å²) in [5.41, 5.74) is 2.25. The molecular formula is C19H19N5O2. The number of hydrogen-bond donors (Lipinski definition) is 0. The molecule has 4 heterocycles. The topological polar surface area (TPSA) is 85.0 Å². The van der Waals surface area contributed by atoms with Gasteiger partial charge in [-0.1, -0.05) is 5.16 Å². The minimum absolute atomic E-state index is 0.0525. The molecule has 7 heteroatoms. The van der Waals surface area contributed by atoms with Gasteiger partial charge in [0.1, 0.15) is 6.04 Å². The van der Waals surface area contributed by atoms with Gasteiger partial charge < -0.3 is 9.42 Å². The van der Waals surface area contributed by atoms with Crippen LogP contribution in [0.4, 0.5) is 0 Å². The molecule has 0 aromatic carbocycles. The smallest absolute Gasteiger partial charge is 0.256 e. The molecule has 7 nitrogen and oxygen atoms in total. The Bertz CT molecular complexity index is 892. The summed E-state index contributed by atoms with van der Waals surface area (Å²) in [6.07, 6.45) is 7.80. The fourth-order valence-corrected chi connectivity index (χ4v) is 3.17. The maximum atomic E-state index is 13.0. The van der Waals surface area contributed by atoms with Crippen molar-refractivity contribution >= 4 is 5.91 Å². The molecule has 0 unspecified atom stereocenters. The normalized spacial score (nSPS) is 17.3. The van der Waals surface area contributed by atoms with E-state index in [9.17, 15) is 4.79 Å². The highest BCUT2D eigenvalue weighted by atomic mass is 16.5. The second kappa shape index (κ2) is 7.03. The van der Waals surface area contributed by atoms with E-state index in [1.165, 1.54) is 0 Å². The van der Waals surface area contributed by atoms with Crippen LogP contribution in [-0.2, 0) is 0 Å². The van der Waals surface area contributed by atoms with Gasteiger partial charge in [0.2, 0.25) is 11.7 Å². The summed E-state index contributed by atoms with van der Waals surface area (Å²) < 4.78 is 5.50. The van der Waals surface area contributed by atoms with Crippen LogP contribution in [-0.4, -0.2) is 37.5 Å².